The van der Waals surface area contributed by atoms with E-state index in [2.05, 4.69) is 23.5 Å². The van der Waals surface area contributed by atoms with Crippen LogP contribution in [-0.2, 0) is 4.74 Å². The molecule has 4 rings (SSSR count). The summed E-state index contributed by atoms with van der Waals surface area (Å²) >= 11 is 0. The third-order valence-corrected chi connectivity index (χ3v) is 5.55. The van der Waals surface area contributed by atoms with Crippen molar-refractivity contribution in [3.05, 3.63) is 65.7 Å². The van der Waals surface area contributed by atoms with E-state index >= 15 is 0 Å². The molecule has 0 unspecified atom stereocenters. The van der Waals surface area contributed by atoms with Crippen LogP contribution in [0.3, 0.4) is 0 Å². The lowest BCUT2D eigenvalue weighted by Gasteiger charge is -2.40. The van der Waals surface area contributed by atoms with E-state index in [1.165, 1.54) is 13.2 Å². The fourth-order valence-electron chi connectivity index (χ4n) is 4.22. The molecule has 4 nitrogen and oxygen atoms in total. The first kappa shape index (κ1) is 20.8. The van der Waals surface area contributed by atoms with Gasteiger partial charge in [-0.1, -0.05) is 30.3 Å². The molecule has 1 N–H and O–H groups in total. The zero-order chi connectivity index (χ0) is 21.2. The van der Waals surface area contributed by atoms with Crippen LogP contribution in [0.15, 0.2) is 54.6 Å². The number of rotatable bonds is 5. The van der Waals surface area contributed by atoms with Gasteiger partial charge in [-0.2, -0.15) is 13.2 Å². The van der Waals surface area contributed by atoms with Gasteiger partial charge in [0.05, 0.1) is 19.8 Å². The largest absolute Gasteiger partial charge is 0.496 e. The van der Waals surface area contributed by atoms with Gasteiger partial charge in [0.15, 0.2) is 6.61 Å². The average Bonchev–Trinajstić information content (AvgIpc) is 3.16. The van der Waals surface area contributed by atoms with Gasteiger partial charge in [-0.3, -0.25) is 0 Å². The van der Waals surface area contributed by atoms with Crippen LogP contribution in [0.1, 0.15) is 30.0 Å². The molecular weight excluding hydrogens is 395 g/mol. The molecule has 0 radical (unpaired) electrons. The van der Waals surface area contributed by atoms with Gasteiger partial charge in [0.2, 0.25) is 0 Å². The molecule has 0 aliphatic carbocycles. The molecule has 2 atom stereocenters. The monoisotopic (exact) mass is 419 g/mol. The summed E-state index contributed by atoms with van der Waals surface area (Å²) < 4.78 is 54.4. The first-order chi connectivity index (χ1) is 14.4. The normalized spacial score (nSPS) is 24.0. The standard InChI is InChI=1S/C23H24F3NO3/c1-28-20-9-8-18(29-15-23(24,25)26)12-19(20)17-13-22(30-14-17)10-5-11-27-21(22)16-6-3-2-4-7-16/h2-4,6-9,12-13,21,27H,5,10-11,14-15H2,1H3/t21-,22+/m0/s1. The summed E-state index contributed by atoms with van der Waals surface area (Å²) in [6.45, 7) is -0.0830. The summed E-state index contributed by atoms with van der Waals surface area (Å²) in [4.78, 5) is 0. The van der Waals surface area contributed by atoms with Crippen LogP contribution in [0, 0.1) is 0 Å². The Morgan fingerprint density at radius 3 is 2.70 bits per heavy atom. The summed E-state index contributed by atoms with van der Waals surface area (Å²) in [5.74, 6) is 0.715. The molecule has 1 fully saturated rings. The number of alkyl halides is 3. The summed E-state index contributed by atoms with van der Waals surface area (Å²) in [5.41, 5.74) is 2.20. The van der Waals surface area contributed by atoms with Crippen molar-refractivity contribution in [2.45, 2.75) is 30.7 Å². The lowest BCUT2D eigenvalue weighted by atomic mass is 9.81. The predicted octanol–water partition coefficient (Wildman–Crippen LogP) is 4.91. The van der Waals surface area contributed by atoms with Crippen LogP contribution in [0.2, 0.25) is 0 Å². The van der Waals surface area contributed by atoms with E-state index in [4.69, 9.17) is 14.2 Å². The van der Waals surface area contributed by atoms with Gasteiger partial charge < -0.3 is 19.5 Å². The molecule has 2 aromatic carbocycles. The third kappa shape index (κ3) is 4.32. The number of nitrogens with one attached hydrogen (secondary N) is 1. The van der Waals surface area contributed by atoms with Crippen molar-refractivity contribution in [3.63, 3.8) is 0 Å². The van der Waals surface area contributed by atoms with Crippen LogP contribution in [0.25, 0.3) is 5.57 Å². The molecule has 30 heavy (non-hydrogen) atoms. The van der Waals surface area contributed by atoms with Gasteiger partial charge in [0.1, 0.15) is 17.1 Å². The Labute approximate surface area is 173 Å². The molecule has 160 valence electrons. The number of halogens is 3. The highest BCUT2D eigenvalue weighted by Crippen LogP contribution is 2.45. The Kier molecular flexibility index (Phi) is 5.75. The molecule has 0 saturated carbocycles. The summed E-state index contributed by atoms with van der Waals surface area (Å²) in [7, 11) is 1.54. The van der Waals surface area contributed by atoms with E-state index < -0.39 is 18.4 Å². The van der Waals surface area contributed by atoms with E-state index in [9.17, 15) is 13.2 Å². The Morgan fingerprint density at radius 1 is 1.17 bits per heavy atom. The Balaban J connectivity index is 1.66. The van der Waals surface area contributed by atoms with Crippen molar-refractivity contribution in [1.82, 2.24) is 5.32 Å². The topological polar surface area (TPSA) is 39.7 Å². The fourth-order valence-corrected chi connectivity index (χ4v) is 4.22. The van der Waals surface area contributed by atoms with E-state index in [1.807, 2.05) is 18.2 Å². The van der Waals surface area contributed by atoms with Crippen LogP contribution < -0.4 is 14.8 Å². The highest BCUT2D eigenvalue weighted by atomic mass is 19.4. The predicted molar refractivity (Wildman–Crippen MR) is 108 cm³/mol. The molecule has 0 amide bonds. The first-order valence-electron chi connectivity index (χ1n) is 9.92. The minimum absolute atomic E-state index is 0.000562. The first-order valence-corrected chi connectivity index (χ1v) is 9.92. The number of hydrogen-bond acceptors (Lipinski definition) is 4. The Hall–Kier alpha value is -2.51. The van der Waals surface area contributed by atoms with Crippen molar-refractivity contribution in [2.24, 2.45) is 0 Å². The van der Waals surface area contributed by atoms with Crippen LogP contribution in [0.4, 0.5) is 13.2 Å². The number of ether oxygens (including phenoxy) is 3. The van der Waals surface area contributed by atoms with Crippen LogP contribution in [0.5, 0.6) is 11.5 Å². The molecule has 0 bridgehead atoms. The molecule has 1 spiro atoms. The van der Waals surface area contributed by atoms with Crippen molar-refractivity contribution in [2.75, 3.05) is 26.9 Å². The van der Waals surface area contributed by atoms with Crippen molar-refractivity contribution >= 4 is 5.57 Å². The maximum Gasteiger partial charge on any atom is 0.422 e. The summed E-state index contributed by atoms with van der Waals surface area (Å²) in [5, 5.41) is 3.57. The number of piperidine rings is 1. The molecule has 2 aliphatic rings. The quantitative estimate of drug-likeness (QED) is 0.747. The maximum absolute atomic E-state index is 12.5. The summed E-state index contributed by atoms with van der Waals surface area (Å²) in [6, 6.07) is 14.8. The van der Waals surface area contributed by atoms with Crippen LogP contribution in [-0.4, -0.2) is 38.6 Å². The molecule has 7 heteroatoms. The molecular formula is C23H24F3NO3. The number of methoxy groups -OCH3 is 1. The second kappa shape index (κ2) is 8.32. The smallest absolute Gasteiger partial charge is 0.422 e. The lowest BCUT2D eigenvalue weighted by Crippen LogP contribution is -2.47. The van der Waals surface area contributed by atoms with Gasteiger partial charge >= 0.3 is 6.18 Å². The third-order valence-electron chi connectivity index (χ3n) is 5.55. The minimum atomic E-state index is -4.39. The Morgan fingerprint density at radius 2 is 1.97 bits per heavy atom. The molecule has 2 heterocycles. The Bertz CT molecular complexity index is 914. The number of hydrogen-bond donors (Lipinski definition) is 1. The molecule has 0 aromatic heterocycles. The highest BCUT2D eigenvalue weighted by Gasteiger charge is 2.44. The van der Waals surface area contributed by atoms with Crippen molar-refractivity contribution in [3.8, 4) is 11.5 Å². The zero-order valence-electron chi connectivity index (χ0n) is 16.7. The van der Waals surface area contributed by atoms with Crippen LogP contribution >= 0.6 is 0 Å². The van der Waals surface area contributed by atoms with Gasteiger partial charge in [0, 0.05) is 5.56 Å². The van der Waals surface area contributed by atoms with Crippen molar-refractivity contribution in [1.29, 1.82) is 0 Å². The highest BCUT2D eigenvalue weighted by molar-refractivity contribution is 5.75. The van der Waals surface area contributed by atoms with Crippen molar-refractivity contribution < 1.29 is 27.4 Å². The molecule has 1 saturated heterocycles. The van der Waals surface area contributed by atoms with E-state index in [1.54, 1.807) is 12.1 Å². The average molecular weight is 419 g/mol. The lowest BCUT2D eigenvalue weighted by molar-refractivity contribution is -0.153. The molecule has 2 aliphatic heterocycles. The van der Waals surface area contributed by atoms with Gasteiger partial charge in [-0.05, 0) is 54.8 Å². The second-order valence-electron chi connectivity index (χ2n) is 7.58. The summed E-state index contributed by atoms with van der Waals surface area (Å²) in [6.07, 6.45) is -0.465. The van der Waals surface area contributed by atoms with Gasteiger partial charge in [-0.15, -0.1) is 0 Å². The number of benzene rings is 2. The fraction of sp³-hybridized carbons (Fsp3) is 0.391. The van der Waals surface area contributed by atoms with E-state index in [0.29, 0.717) is 17.9 Å². The minimum Gasteiger partial charge on any atom is -0.496 e. The van der Waals surface area contributed by atoms with E-state index in [-0.39, 0.29) is 11.8 Å². The van der Waals surface area contributed by atoms with E-state index in [0.717, 1.165) is 30.5 Å². The molecule has 2 aromatic rings. The SMILES string of the molecule is COc1ccc(OCC(F)(F)F)cc1C1=C[C@@]2(CCCN[C@H]2c2ccccc2)OC1. The maximum atomic E-state index is 12.5. The van der Waals surface area contributed by atoms with Gasteiger partial charge in [0.25, 0.3) is 0 Å². The van der Waals surface area contributed by atoms with Gasteiger partial charge in [-0.25, -0.2) is 0 Å². The zero-order valence-corrected chi connectivity index (χ0v) is 16.7. The second-order valence-corrected chi connectivity index (χ2v) is 7.58.